The zero-order chi connectivity index (χ0) is 18.9. The van der Waals surface area contributed by atoms with E-state index in [-0.39, 0.29) is 16.4 Å². The van der Waals surface area contributed by atoms with Crippen LogP contribution in [0.15, 0.2) is 18.2 Å². The van der Waals surface area contributed by atoms with Gasteiger partial charge in [-0.15, -0.1) is 10.2 Å². The molecule has 1 aromatic heterocycles. The minimum atomic E-state index is -3.37. The lowest BCUT2D eigenvalue weighted by Crippen LogP contribution is -2.31. The van der Waals surface area contributed by atoms with E-state index in [9.17, 15) is 22.0 Å². The Bertz CT molecular complexity index is 933. The summed E-state index contributed by atoms with van der Waals surface area (Å²) in [6.07, 6.45) is 1.32. The predicted molar refractivity (Wildman–Crippen MR) is 92.4 cm³/mol. The monoisotopic (exact) mass is 402 g/mol. The van der Waals surface area contributed by atoms with E-state index in [0.717, 1.165) is 23.5 Å². The van der Waals surface area contributed by atoms with Gasteiger partial charge in [-0.05, 0) is 31.9 Å². The number of carbonyl (C=O) groups is 1. The Kier molecular flexibility index (Phi) is 5.30. The minimum absolute atomic E-state index is 0.00816. The van der Waals surface area contributed by atoms with Gasteiger partial charge in [-0.1, -0.05) is 11.3 Å². The topological polar surface area (TPSA) is 92.3 Å². The molecule has 7 nitrogen and oxygen atoms in total. The third-order valence-corrected chi connectivity index (χ3v) is 6.93. The number of rotatable bonds is 5. The third kappa shape index (κ3) is 3.74. The van der Waals surface area contributed by atoms with Crippen molar-refractivity contribution >= 4 is 33.0 Å². The SMILES string of the molecule is CCS(=O)(=O)N1CCC[C@@H]1c1nnc(C(=O)Nc2ccc(F)c(F)c2)s1. The molecular weight excluding hydrogens is 386 g/mol. The van der Waals surface area contributed by atoms with Gasteiger partial charge in [0.25, 0.3) is 5.91 Å². The van der Waals surface area contributed by atoms with Crippen LogP contribution < -0.4 is 5.32 Å². The maximum atomic E-state index is 13.2. The van der Waals surface area contributed by atoms with Crippen molar-refractivity contribution in [3.63, 3.8) is 0 Å². The molecule has 1 saturated heterocycles. The molecule has 2 heterocycles. The lowest BCUT2D eigenvalue weighted by Gasteiger charge is -2.21. The molecule has 11 heteroatoms. The highest BCUT2D eigenvalue weighted by Crippen LogP contribution is 2.35. The van der Waals surface area contributed by atoms with E-state index < -0.39 is 33.6 Å². The summed E-state index contributed by atoms with van der Waals surface area (Å²) in [7, 11) is -3.37. The molecule has 0 spiro atoms. The molecule has 3 rings (SSSR count). The zero-order valence-corrected chi connectivity index (χ0v) is 15.4. The van der Waals surface area contributed by atoms with Crippen LogP contribution in [-0.4, -0.2) is 41.1 Å². The van der Waals surface area contributed by atoms with Gasteiger partial charge in [0, 0.05) is 18.3 Å². The van der Waals surface area contributed by atoms with Crippen LogP contribution in [0.25, 0.3) is 0 Å². The highest BCUT2D eigenvalue weighted by Gasteiger charge is 2.36. The molecule has 26 heavy (non-hydrogen) atoms. The molecule has 0 radical (unpaired) electrons. The smallest absolute Gasteiger partial charge is 0.286 e. The molecule has 0 bridgehead atoms. The maximum Gasteiger partial charge on any atom is 0.286 e. The quantitative estimate of drug-likeness (QED) is 0.830. The molecular formula is C15H16F2N4O3S2. The maximum absolute atomic E-state index is 13.2. The number of nitrogens with one attached hydrogen (secondary N) is 1. The number of halogens is 2. The molecule has 140 valence electrons. The number of hydrogen-bond acceptors (Lipinski definition) is 6. The molecule has 0 aliphatic carbocycles. The number of benzene rings is 1. The highest BCUT2D eigenvalue weighted by atomic mass is 32.2. The van der Waals surface area contributed by atoms with Crippen LogP contribution in [-0.2, 0) is 10.0 Å². The number of sulfonamides is 1. The molecule has 1 aromatic carbocycles. The van der Waals surface area contributed by atoms with Crippen molar-refractivity contribution in [2.24, 2.45) is 0 Å². The first kappa shape index (κ1) is 18.8. The Hall–Kier alpha value is -1.98. The Labute approximate surface area is 153 Å². The van der Waals surface area contributed by atoms with Crippen molar-refractivity contribution in [3.05, 3.63) is 39.8 Å². The van der Waals surface area contributed by atoms with Crippen LogP contribution in [0.5, 0.6) is 0 Å². The second-order valence-corrected chi connectivity index (χ2v) is 8.92. The lowest BCUT2D eigenvalue weighted by atomic mass is 10.2. The summed E-state index contributed by atoms with van der Waals surface area (Å²) in [4.78, 5) is 12.2. The molecule has 0 saturated carbocycles. The van der Waals surface area contributed by atoms with Gasteiger partial charge in [0.05, 0.1) is 11.8 Å². The third-order valence-electron chi connectivity index (χ3n) is 4.02. The minimum Gasteiger partial charge on any atom is -0.320 e. The summed E-state index contributed by atoms with van der Waals surface area (Å²) in [5.74, 6) is -2.72. The molecule has 2 aromatic rings. The second-order valence-electron chi connectivity index (χ2n) is 5.70. The molecule has 1 aliphatic heterocycles. The van der Waals surface area contributed by atoms with Crippen LogP contribution in [0.3, 0.4) is 0 Å². The van der Waals surface area contributed by atoms with Crippen LogP contribution in [0.2, 0.25) is 0 Å². The van der Waals surface area contributed by atoms with Crippen molar-refractivity contribution < 1.29 is 22.0 Å². The Balaban J connectivity index is 1.76. The van der Waals surface area contributed by atoms with E-state index in [1.54, 1.807) is 6.92 Å². The van der Waals surface area contributed by atoms with Gasteiger partial charge in [-0.3, -0.25) is 4.79 Å². The molecule has 1 N–H and O–H groups in total. The van der Waals surface area contributed by atoms with Gasteiger partial charge < -0.3 is 5.32 Å². The molecule has 1 amide bonds. The summed E-state index contributed by atoms with van der Waals surface area (Å²) in [5.41, 5.74) is 0.0849. The fourth-order valence-electron chi connectivity index (χ4n) is 2.71. The van der Waals surface area contributed by atoms with Gasteiger partial charge in [0.15, 0.2) is 11.6 Å². The number of carbonyl (C=O) groups excluding carboxylic acids is 1. The van der Waals surface area contributed by atoms with Gasteiger partial charge in [0.1, 0.15) is 5.01 Å². The average Bonchev–Trinajstić information content (AvgIpc) is 3.27. The first-order valence-electron chi connectivity index (χ1n) is 7.91. The van der Waals surface area contributed by atoms with Crippen molar-refractivity contribution in [1.29, 1.82) is 0 Å². The van der Waals surface area contributed by atoms with E-state index in [1.807, 2.05) is 0 Å². The predicted octanol–water partition coefficient (Wildman–Crippen LogP) is 2.56. The molecule has 1 aliphatic rings. The fraction of sp³-hybridized carbons (Fsp3) is 0.400. The summed E-state index contributed by atoms with van der Waals surface area (Å²) >= 11 is 0.987. The molecule has 1 atom stereocenters. The number of aromatic nitrogens is 2. The normalized spacial score (nSPS) is 18.2. The van der Waals surface area contributed by atoms with Gasteiger partial charge in [-0.25, -0.2) is 17.2 Å². The van der Waals surface area contributed by atoms with E-state index in [0.29, 0.717) is 24.4 Å². The number of amides is 1. The largest absolute Gasteiger partial charge is 0.320 e. The van der Waals surface area contributed by atoms with Crippen LogP contribution in [0.4, 0.5) is 14.5 Å². The van der Waals surface area contributed by atoms with Crippen LogP contribution in [0, 0.1) is 11.6 Å². The van der Waals surface area contributed by atoms with E-state index in [1.165, 1.54) is 10.4 Å². The van der Waals surface area contributed by atoms with Gasteiger partial charge >= 0.3 is 0 Å². The second kappa shape index (κ2) is 7.33. The van der Waals surface area contributed by atoms with E-state index >= 15 is 0 Å². The average molecular weight is 402 g/mol. The number of anilines is 1. The Morgan fingerprint density at radius 2 is 2.12 bits per heavy atom. The number of hydrogen-bond donors (Lipinski definition) is 1. The van der Waals surface area contributed by atoms with Crippen LogP contribution in [0.1, 0.15) is 40.6 Å². The summed E-state index contributed by atoms with van der Waals surface area (Å²) < 4.78 is 51.9. The first-order chi connectivity index (χ1) is 12.3. The zero-order valence-electron chi connectivity index (χ0n) is 13.8. The van der Waals surface area contributed by atoms with Gasteiger partial charge in [0.2, 0.25) is 15.0 Å². The fourth-order valence-corrected chi connectivity index (χ4v) is 4.99. The Morgan fingerprint density at radius 1 is 1.35 bits per heavy atom. The summed E-state index contributed by atoms with van der Waals surface area (Å²) in [6.45, 7) is 1.99. The lowest BCUT2D eigenvalue weighted by molar-refractivity contribution is 0.102. The Morgan fingerprint density at radius 3 is 2.81 bits per heavy atom. The number of nitrogens with zero attached hydrogens (tertiary/aromatic N) is 3. The van der Waals surface area contributed by atoms with Gasteiger partial charge in [-0.2, -0.15) is 4.31 Å². The van der Waals surface area contributed by atoms with Crippen molar-refractivity contribution in [2.45, 2.75) is 25.8 Å². The molecule has 1 fully saturated rings. The first-order valence-corrected chi connectivity index (χ1v) is 10.3. The summed E-state index contributed by atoms with van der Waals surface area (Å²) in [6, 6.07) is 2.57. The van der Waals surface area contributed by atoms with Crippen LogP contribution >= 0.6 is 11.3 Å². The van der Waals surface area contributed by atoms with E-state index in [4.69, 9.17) is 0 Å². The highest BCUT2D eigenvalue weighted by molar-refractivity contribution is 7.89. The summed E-state index contributed by atoms with van der Waals surface area (Å²) in [5, 5.41) is 10.6. The van der Waals surface area contributed by atoms with Crippen molar-refractivity contribution in [3.8, 4) is 0 Å². The van der Waals surface area contributed by atoms with Crippen molar-refractivity contribution in [2.75, 3.05) is 17.6 Å². The molecule has 0 unspecified atom stereocenters. The van der Waals surface area contributed by atoms with E-state index in [2.05, 4.69) is 15.5 Å². The standard InChI is InChI=1S/C15H16F2N4O3S2/c1-2-26(23,24)21-7-3-4-12(21)14-19-20-15(25-14)13(22)18-9-5-6-10(16)11(17)8-9/h5-6,8,12H,2-4,7H2,1H3,(H,18,22)/t12-/m1/s1. The van der Waals surface area contributed by atoms with Crippen molar-refractivity contribution in [1.82, 2.24) is 14.5 Å².